The minimum Gasteiger partial charge on any atom is -0.756 e. The molecule has 0 aromatic carbocycles. The molecule has 0 aromatic rings. The van der Waals surface area contributed by atoms with E-state index in [2.05, 4.69) is 9.05 Å². The van der Waals surface area contributed by atoms with Crippen molar-refractivity contribution in [3.8, 4) is 0 Å². The first-order valence-electron chi connectivity index (χ1n) is 11.9. The molecule has 0 heterocycles. The van der Waals surface area contributed by atoms with Crippen LogP contribution in [0, 0.1) is 0 Å². The van der Waals surface area contributed by atoms with Crippen molar-refractivity contribution in [1.82, 2.24) is 0 Å². The van der Waals surface area contributed by atoms with Crippen LogP contribution in [0.25, 0.3) is 0 Å². The summed E-state index contributed by atoms with van der Waals surface area (Å²) in [7, 11) is -8.54. The number of ether oxygens (including phenoxy) is 5. The zero-order valence-corrected chi connectivity index (χ0v) is 22.9. The Morgan fingerprint density at radius 2 is 0.829 bits per heavy atom. The van der Waals surface area contributed by atoms with Crippen molar-refractivity contribution in [3.05, 3.63) is 0 Å². The van der Waals surface area contributed by atoms with Crippen LogP contribution >= 0.6 is 15.6 Å². The van der Waals surface area contributed by atoms with Gasteiger partial charge in [-0.2, -0.15) is 0 Å². The molecule has 0 radical (unpaired) electrons. The second-order valence-electron chi connectivity index (χ2n) is 7.00. The first kappa shape index (κ1) is 35.0. The Morgan fingerprint density at radius 1 is 0.514 bits per heavy atom. The fourth-order valence-electron chi connectivity index (χ4n) is 2.29. The first-order valence-corrected chi connectivity index (χ1v) is 14.8. The molecular weight excluding hydrogens is 510 g/mol. The number of phosphoric acid groups is 2. The second kappa shape index (κ2) is 23.2. The van der Waals surface area contributed by atoms with Gasteiger partial charge in [-0.15, -0.1) is 0 Å². The lowest BCUT2D eigenvalue weighted by atomic mass is 10.2. The topological polar surface area (TPSA) is 163 Å². The molecule has 35 heavy (non-hydrogen) atoms. The van der Waals surface area contributed by atoms with Crippen LogP contribution in [-0.2, 0) is 50.9 Å². The molecule has 0 saturated heterocycles. The quantitative estimate of drug-likeness (QED) is 0.107. The summed E-state index contributed by atoms with van der Waals surface area (Å²) >= 11 is 0. The third-order valence-corrected chi connectivity index (χ3v) is 6.14. The van der Waals surface area contributed by atoms with Crippen LogP contribution in [0.15, 0.2) is 0 Å². The van der Waals surface area contributed by atoms with Crippen molar-refractivity contribution >= 4 is 15.6 Å². The van der Waals surface area contributed by atoms with Crippen molar-refractivity contribution in [1.29, 1.82) is 0 Å². The minimum atomic E-state index is -4.31. The van der Waals surface area contributed by atoms with Crippen LogP contribution in [0.2, 0.25) is 0 Å². The van der Waals surface area contributed by atoms with Crippen LogP contribution in [0.1, 0.15) is 40.0 Å². The molecule has 2 atom stereocenters. The molecule has 0 amide bonds. The largest absolute Gasteiger partial charge is 0.756 e. The lowest BCUT2D eigenvalue weighted by Gasteiger charge is -2.27. The van der Waals surface area contributed by atoms with Gasteiger partial charge in [0, 0.05) is 0 Å². The third kappa shape index (κ3) is 24.1. The maximum Gasteiger partial charge on any atom is 0.268 e. The van der Waals surface area contributed by atoms with Crippen LogP contribution in [0.5, 0.6) is 0 Å². The molecule has 2 unspecified atom stereocenters. The number of hydrogen-bond acceptors (Lipinski definition) is 13. The lowest BCUT2D eigenvalue weighted by molar-refractivity contribution is -0.231. The van der Waals surface area contributed by atoms with E-state index < -0.39 is 15.6 Å². The monoisotopic (exact) mass is 552 g/mol. The highest BCUT2D eigenvalue weighted by Crippen LogP contribution is 2.40. The van der Waals surface area contributed by atoms with Crippen molar-refractivity contribution in [3.63, 3.8) is 0 Å². The summed E-state index contributed by atoms with van der Waals surface area (Å²) in [5, 5.41) is 0. The van der Waals surface area contributed by atoms with Gasteiger partial charge in [0.25, 0.3) is 15.6 Å². The molecule has 212 valence electrons. The summed E-state index contributed by atoms with van der Waals surface area (Å²) in [6, 6.07) is 0. The molecular formula is C20H42O13P2-2. The zero-order chi connectivity index (χ0) is 26.3. The van der Waals surface area contributed by atoms with E-state index in [1.807, 2.05) is 13.8 Å². The predicted octanol–water partition coefficient (Wildman–Crippen LogP) is 1.67. The summed E-state index contributed by atoms with van der Waals surface area (Å²) in [5.74, 6) is 0. The van der Waals surface area contributed by atoms with E-state index in [0.29, 0.717) is 72.1 Å². The smallest absolute Gasteiger partial charge is 0.268 e. The predicted molar refractivity (Wildman–Crippen MR) is 123 cm³/mol. The van der Waals surface area contributed by atoms with Gasteiger partial charge >= 0.3 is 0 Å². The third-order valence-electron chi connectivity index (χ3n) is 4.08. The van der Waals surface area contributed by atoms with Crippen molar-refractivity contribution in [2.45, 2.75) is 46.1 Å². The highest BCUT2D eigenvalue weighted by atomic mass is 31.2. The van der Waals surface area contributed by atoms with Gasteiger partial charge in [-0.25, -0.2) is 0 Å². The Morgan fingerprint density at radius 3 is 1.17 bits per heavy atom. The molecule has 0 fully saturated rings. The lowest BCUT2D eigenvalue weighted by Crippen LogP contribution is -2.18. The standard InChI is InChI=1S/C20H44O13P2/c1-4-7-30-34(21,22)31-18-16-28-14-12-26-10-8-25-9-11-27-13-15-29-17-19-32-35(23,24)33-20(5-2)6-3/h20H,4-19H2,1-3H3,(H,21,22)(H,23,24)/p-2. The van der Waals surface area contributed by atoms with E-state index in [4.69, 9.17) is 32.7 Å². The summed E-state index contributed by atoms with van der Waals surface area (Å²) < 4.78 is 68.3. The molecule has 0 aliphatic heterocycles. The Labute approximate surface area is 208 Å². The van der Waals surface area contributed by atoms with Gasteiger partial charge in [-0.3, -0.25) is 9.13 Å². The Kier molecular flexibility index (Phi) is 23.2. The van der Waals surface area contributed by atoms with E-state index in [0.717, 1.165) is 0 Å². The maximum atomic E-state index is 11.6. The highest BCUT2D eigenvalue weighted by molar-refractivity contribution is 7.46. The van der Waals surface area contributed by atoms with E-state index in [1.165, 1.54) is 0 Å². The Bertz CT molecular complexity index is 563. The van der Waals surface area contributed by atoms with Crippen molar-refractivity contribution < 1.29 is 60.7 Å². The number of rotatable bonds is 27. The highest BCUT2D eigenvalue weighted by Gasteiger charge is 2.15. The fourth-order valence-corrected chi connectivity index (χ4v) is 4.09. The molecule has 0 saturated carbocycles. The second-order valence-corrected chi connectivity index (χ2v) is 9.77. The van der Waals surface area contributed by atoms with Crippen molar-refractivity contribution in [2.75, 3.05) is 85.9 Å². The van der Waals surface area contributed by atoms with Crippen molar-refractivity contribution in [2.24, 2.45) is 0 Å². The fraction of sp³-hybridized carbons (Fsp3) is 1.00. The van der Waals surface area contributed by atoms with Gasteiger partial charge in [0.15, 0.2) is 0 Å². The molecule has 0 aliphatic rings. The van der Waals surface area contributed by atoms with Gasteiger partial charge in [-0.1, -0.05) is 20.8 Å². The van der Waals surface area contributed by atoms with Gasteiger partial charge < -0.3 is 51.6 Å². The van der Waals surface area contributed by atoms with E-state index in [9.17, 15) is 18.9 Å². The molecule has 15 heteroatoms. The van der Waals surface area contributed by atoms with Gasteiger partial charge in [0.05, 0.1) is 92.0 Å². The number of phosphoric ester groups is 2. The first-order chi connectivity index (χ1) is 16.8. The molecule has 0 N–H and O–H groups in total. The minimum absolute atomic E-state index is 0.0966. The zero-order valence-electron chi connectivity index (χ0n) is 21.1. The van der Waals surface area contributed by atoms with Gasteiger partial charge in [0.1, 0.15) is 0 Å². The molecule has 0 aromatic heterocycles. The van der Waals surface area contributed by atoms with E-state index in [-0.39, 0.29) is 39.1 Å². The van der Waals surface area contributed by atoms with Gasteiger partial charge in [-0.05, 0) is 19.3 Å². The van der Waals surface area contributed by atoms with Crippen LogP contribution in [0.3, 0.4) is 0 Å². The maximum absolute atomic E-state index is 11.6. The van der Waals surface area contributed by atoms with Crippen LogP contribution in [-0.4, -0.2) is 92.0 Å². The molecule has 0 spiro atoms. The molecule has 13 nitrogen and oxygen atoms in total. The normalized spacial score (nSPS) is 15.4. The Balaban J connectivity index is 3.32. The van der Waals surface area contributed by atoms with E-state index in [1.54, 1.807) is 6.92 Å². The SMILES string of the molecule is CCCOP(=O)([O-])OCCOCCOCCOCCOCCOCCOP(=O)([O-])OC(CC)CC. The average molecular weight is 552 g/mol. The Hall–Kier alpha value is 0.0200. The van der Waals surface area contributed by atoms with Crippen LogP contribution < -0.4 is 9.79 Å². The number of hydrogen-bond donors (Lipinski definition) is 0. The summed E-state index contributed by atoms with van der Waals surface area (Å²) in [4.78, 5) is 22.9. The summed E-state index contributed by atoms with van der Waals surface area (Å²) in [6.07, 6.45) is 1.40. The van der Waals surface area contributed by atoms with E-state index >= 15 is 0 Å². The van der Waals surface area contributed by atoms with Gasteiger partial charge in [0.2, 0.25) is 0 Å². The molecule has 0 bridgehead atoms. The molecule has 0 rings (SSSR count). The average Bonchev–Trinajstić information content (AvgIpc) is 2.82. The molecule has 0 aliphatic carbocycles. The summed E-state index contributed by atoms with van der Waals surface area (Å²) in [5.41, 5.74) is 0. The summed E-state index contributed by atoms with van der Waals surface area (Å²) in [6.45, 7) is 8.41. The van der Waals surface area contributed by atoms with Crippen LogP contribution in [0.4, 0.5) is 0 Å².